The van der Waals surface area contributed by atoms with Gasteiger partial charge in [-0.15, -0.1) is 5.10 Å². The van der Waals surface area contributed by atoms with E-state index in [0.717, 1.165) is 16.8 Å². The molecule has 0 fully saturated rings. The number of nitrogens with zero attached hydrogens (tertiary/aromatic N) is 5. The summed E-state index contributed by atoms with van der Waals surface area (Å²) in [4.78, 5) is 19.2. The van der Waals surface area contributed by atoms with Gasteiger partial charge in [0.05, 0.1) is 24.7 Å². The molecule has 0 radical (unpaired) electrons. The molecule has 0 spiro atoms. The average Bonchev–Trinajstić information content (AvgIpc) is 3.12. The van der Waals surface area contributed by atoms with E-state index in [1.165, 1.54) is 11.0 Å². The number of benzene rings is 1. The number of fused-ring (bicyclic) bond motifs is 1. The Bertz CT molecular complexity index is 750. The van der Waals surface area contributed by atoms with Crippen LogP contribution in [-0.2, 0) is 17.9 Å². The third kappa shape index (κ3) is 2.96. The molecule has 2 heterocycles. The Labute approximate surface area is 119 Å². The van der Waals surface area contributed by atoms with Gasteiger partial charge in [-0.1, -0.05) is 0 Å². The Hall–Kier alpha value is -2.97. The van der Waals surface area contributed by atoms with Crippen LogP contribution in [0.3, 0.4) is 0 Å². The van der Waals surface area contributed by atoms with Crippen LogP contribution in [0.1, 0.15) is 5.82 Å². The molecule has 108 valence electrons. The molecule has 9 heteroatoms. The molecule has 0 saturated carbocycles. The van der Waals surface area contributed by atoms with Crippen molar-refractivity contribution in [3.63, 3.8) is 0 Å². The van der Waals surface area contributed by atoms with Crippen LogP contribution < -0.4 is 10.1 Å². The van der Waals surface area contributed by atoms with Crippen LogP contribution in [0, 0.1) is 0 Å². The zero-order valence-corrected chi connectivity index (χ0v) is 11.3. The molecular formula is C12H13N7O2. The predicted molar refractivity (Wildman–Crippen MR) is 72.3 cm³/mol. The van der Waals surface area contributed by atoms with Crippen LogP contribution in [0.5, 0.6) is 5.75 Å². The first-order valence-corrected chi connectivity index (χ1v) is 6.25. The Morgan fingerprint density at radius 1 is 1.48 bits per heavy atom. The maximum atomic E-state index is 11.7. The van der Waals surface area contributed by atoms with Crippen LogP contribution in [0.2, 0.25) is 0 Å². The fraction of sp³-hybridized carbons (Fsp3) is 0.250. The number of aromatic amines is 1. The summed E-state index contributed by atoms with van der Waals surface area (Å²) in [7, 11) is 1.61. The van der Waals surface area contributed by atoms with E-state index < -0.39 is 0 Å². The first-order chi connectivity index (χ1) is 10.2. The number of carbonyl (C=O) groups is 1. The first-order valence-electron chi connectivity index (χ1n) is 6.25. The molecule has 1 aromatic carbocycles. The second-order valence-electron chi connectivity index (χ2n) is 4.35. The normalized spacial score (nSPS) is 10.7. The van der Waals surface area contributed by atoms with Crippen molar-refractivity contribution in [2.75, 3.05) is 7.11 Å². The van der Waals surface area contributed by atoms with Crippen LogP contribution in [0.4, 0.5) is 0 Å². The number of rotatable bonds is 5. The maximum Gasteiger partial charge on any atom is 0.242 e. The van der Waals surface area contributed by atoms with Crippen molar-refractivity contribution in [3.8, 4) is 5.75 Å². The highest BCUT2D eigenvalue weighted by Gasteiger charge is 2.07. The summed E-state index contributed by atoms with van der Waals surface area (Å²) < 4.78 is 6.50. The molecule has 3 rings (SSSR count). The molecule has 0 aliphatic carbocycles. The van der Waals surface area contributed by atoms with Gasteiger partial charge in [0.2, 0.25) is 5.91 Å². The Kier molecular flexibility index (Phi) is 3.46. The lowest BCUT2D eigenvalue weighted by Gasteiger charge is -2.01. The fourth-order valence-corrected chi connectivity index (χ4v) is 1.89. The zero-order chi connectivity index (χ0) is 14.7. The highest BCUT2D eigenvalue weighted by molar-refractivity contribution is 5.77. The Morgan fingerprint density at radius 3 is 3.14 bits per heavy atom. The number of aromatic nitrogens is 6. The van der Waals surface area contributed by atoms with E-state index >= 15 is 0 Å². The lowest BCUT2D eigenvalue weighted by molar-refractivity contribution is -0.122. The number of methoxy groups -OCH3 is 1. The molecule has 21 heavy (non-hydrogen) atoms. The molecule has 3 aromatic rings. The van der Waals surface area contributed by atoms with Crippen molar-refractivity contribution in [3.05, 3.63) is 30.4 Å². The van der Waals surface area contributed by atoms with E-state index in [9.17, 15) is 4.79 Å². The Balaban J connectivity index is 1.63. The summed E-state index contributed by atoms with van der Waals surface area (Å²) in [6, 6.07) is 5.55. The van der Waals surface area contributed by atoms with Crippen molar-refractivity contribution in [2.45, 2.75) is 13.1 Å². The fourth-order valence-electron chi connectivity index (χ4n) is 1.89. The number of ether oxygens (including phenoxy) is 1. The smallest absolute Gasteiger partial charge is 0.242 e. The van der Waals surface area contributed by atoms with Crippen LogP contribution in [-0.4, -0.2) is 43.2 Å². The van der Waals surface area contributed by atoms with Crippen LogP contribution >= 0.6 is 0 Å². The maximum absolute atomic E-state index is 11.7. The topological polar surface area (TPSA) is 111 Å². The number of hydrogen-bond donors (Lipinski definition) is 2. The highest BCUT2D eigenvalue weighted by atomic mass is 16.5. The molecule has 9 nitrogen and oxygen atoms in total. The third-order valence-corrected chi connectivity index (χ3v) is 2.89. The third-order valence-electron chi connectivity index (χ3n) is 2.89. The van der Waals surface area contributed by atoms with Crippen LogP contribution in [0.25, 0.3) is 11.0 Å². The summed E-state index contributed by atoms with van der Waals surface area (Å²) in [5.41, 5.74) is 1.68. The first kappa shape index (κ1) is 13.0. The molecular weight excluding hydrogens is 274 g/mol. The molecule has 0 aliphatic heterocycles. The molecule has 2 N–H and O–H groups in total. The van der Waals surface area contributed by atoms with Crippen molar-refractivity contribution in [2.24, 2.45) is 0 Å². The zero-order valence-electron chi connectivity index (χ0n) is 11.3. The number of carbonyl (C=O) groups excluding carboxylic acids is 1. The minimum Gasteiger partial charge on any atom is -0.497 e. The molecule has 0 bridgehead atoms. The minimum atomic E-state index is -0.194. The number of hydrogen-bond acceptors (Lipinski definition) is 6. The number of amides is 1. The Morgan fingerprint density at radius 2 is 2.38 bits per heavy atom. The van der Waals surface area contributed by atoms with Crippen molar-refractivity contribution < 1.29 is 9.53 Å². The summed E-state index contributed by atoms with van der Waals surface area (Å²) in [6.07, 6.45) is 1.38. The van der Waals surface area contributed by atoms with Crippen molar-refractivity contribution >= 4 is 16.9 Å². The average molecular weight is 287 g/mol. The van der Waals surface area contributed by atoms with Gasteiger partial charge in [0.25, 0.3) is 0 Å². The molecule has 0 atom stereocenters. The summed E-state index contributed by atoms with van der Waals surface area (Å²) in [5.74, 6) is 1.23. The van der Waals surface area contributed by atoms with Gasteiger partial charge in [-0.05, 0) is 22.6 Å². The standard InChI is InChI=1S/C12H13N7O2/c1-21-8-2-3-9-10(4-8)16-11(15-9)5-13-12(20)6-19-7-14-17-18-19/h2-4,7H,5-6H2,1H3,(H,13,20)(H,15,16). The molecule has 2 aromatic heterocycles. The van der Waals surface area contributed by atoms with Gasteiger partial charge in [-0.25, -0.2) is 9.67 Å². The summed E-state index contributed by atoms with van der Waals surface area (Å²) in [6.45, 7) is 0.374. The van der Waals surface area contributed by atoms with Gasteiger partial charge in [-0.3, -0.25) is 4.79 Å². The van der Waals surface area contributed by atoms with Crippen molar-refractivity contribution in [1.29, 1.82) is 0 Å². The number of tetrazole rings is 1. The summed E-state index contributed by atoms with van der Waals surface area (Å²) in [5, 5.41) is 13.3. The quantitative estimate of drug-likeness (QED) is 0.676. The monoisotopic (exact) mass is 287 g/mol. The van der Waals surface area contributed by atoms with Gasteiger partial charge in [-0.2, -0.15) is 0 Å². The largest absolute Gasteiger partial charge is 0.497 e. The molecule has 1 amide bonds. The van der Waals surface area contributed by atoms with Crippen LogP contribution in [0.15, 0.2) is 24.5 Å². The molecule has 0 unspecified atom stereocenters. The SMILES string of the molecule is COc1ccc2nc(CNC(=O)Cn3cnnn3)[nH]c2c1. The van der Waals surface area contributed by atoms with Gasteiger partial charge in [0.15, 0.2) is 0 Å². The summed E-state index contributed by atoms with van der Waals surface area (Å²) >= 11 is 0. The van der Waals surface area contributed by atoms with E-state index in [0.29, 0.717) is 12.4 Å². The van der Waals surface area contributed by atoms with Gasteiger partial charge in [0, 0.05) is 6.07 Å². The van der Waals surface area contributed by atoms with E-state index in [1.807, 2.05) is 18.2 Å². The number of nitrogens with one attached hydrogen (secondary N) is 2. The molecule has 0 aliphatic rings. The van der Waals surface area contributed by atoms with Crippen molar-refractivity contribution in [1.82, 2.24) is 35.5 Å². The van der Waals surface area contributed by atoms with Gasteiger partial charge in [0.1, 0.15) is 24.4 Å². The minimum absolute atomic E-state index is 0.0705. The van der Waals surface area contributed by atoms with E-state index in [4.69, 9.17) is 4.74 Å². The van der Waals surface area contributed by atoms with E-state index in [-0.39, 0.29) is 12.5 Å². The van der Waals surface area contributed by atoms with Gasteiger partial charge >= 0.3 is 0 Å². The second kappa shape index (κ2) is 5.57. The number of imidazole rings is 1. The lowest BCUT2D eigenvalue weighted by Crippen LogP contribution is -2.27. The highest BCUT2D eigenvalue weighted by Crippen LogP contribution is 2.18. The number of H-pyrrole nitrogens is 1. The van der Waals surface area contributed by atoms with E-state index in [2.05, 4.69) is 30.8 Å². The second-order valence-corrected chi connectivity index (χ2v) is 4.35. The lowest BCUT2D eigenvalue weighted by atomic mass is 10.3. The molecule has 0 saturated heterocycles. The van der Waals surface area contributed by atoms with Gasteiger partial charge < -0.3 is 15.0 Å². The predicted octanol–water partition coefficient (Wildman–Crippen LogP) is -0.126. The van der Waals surface area contributed by atoms with E-state index in [1.54, 1.807) is 7.11 Å².